The van der Waals surface area contributed by atoms with Gasteiger partial charge in [0.1, 0.15) is 0 Å². The summed E-state index contributed by atoms with van der Waals surface area (Å²) < 4.78 is 0. The van der Waals surface area contributed by atoms with Crippen molar-refractivity contribution in [2.45, 2.75) is 25.8 Å². The molecule has 22 heavy (non-hydrogen) atoms. The van der Waals surface area contributed by atoms with Crippen LogP contribution in [-0.2, 0) is 6.42 Å². The Morgan fingerprint density at radius 3 is 2.05 bits per heavy atom. The number of rotatable bonds is 5. The summed E-state index contributed by atoms with van der Waals surface area (Å²) >= 11 is 0. The third-order valence-corrected chi connectivity index (χ3v) is 4.75. The number of hydrogen-bond acceptors (Lipinski definition) is 2. The van der Waals surface area contributed by atoms with Crippen LogP contribution in [0.3, 0.4) is 0 Å². The first kappa shape index (κ1) is 15.1. The fourth-order valence-corrected chi connectivity index (χ4v) is 3.26. The Morgan fingerprint density at radius 1 is 0.818 bits per heavy atom. The topological polar surface area (TPSA) is 6.48 Å². The molecular formula is C20H26N2. The highest BCUT2D eigenvalue weighted by Gasteiger charge is 2.20. The number of piperazine rings is 1. The predicted octanol–water partition coefficient (Wildman–Crippen LogP) is 3.83. The molecule has 0 radical (unpaired) electrons. The van der Waals surface area contributed by atoms with Crippen molar-refractivity contribution in [3.63, 3.8) is 0 Å². The molecule has 2 heteroatoms. The first-order valence-corrected chi connectivity index (χ1v) is 8.41. The Bertz CT molecular complexity index is 544. The molecule has 0 spiro atoms. The highest BCUT2D eigenvalue weighted by atomic mass is 15.3. The van der Waals surface area contributed by atoms with Gasteiger partial charge in [0.25, 0.3) is 0 Å². The standard InChI is InChI=1S/C20H26N2/c1-18(12-13-19-8-4-2-5-9-19)21-14-16-22(17-15-21)20-10-6-3-7-11-20/h2-11,18H,12-17H2,1H3/t18-/m1/s1. The van der Waals surface area contributed by atoms with E-state index in [1.54, 1.807) is 0 Å². The maximum absolute atomic E-state index is 2.64. The average molecular weight is 294 g/mol. The molecule has 2 nitrogen and oxygen atoms in total. The van der Waals surface area contributed by atoms with E-state index in [1.807, 2.05) is 0 Å². The zero-order valence-corrected chi connectivity index (χ0v) is 13.5. The van der Waals surface area contributed by atoms with E-state index in [1.165, 1.54) is 37.2 Å². The number of hydrogen-bond donors (Lipinski definition) is 0. The van der Waals surface area contributed by atoms with Crippen LogP contribution in [0.5, 0.6) is 0 Å². The average Bonchev–Trinajstić information content (AvgIpc) is 2.61. The summed E-state index contributed by atoms with van der Waals surface area (Å²) in [5.41, 5.74) is 2.82. The summed E-state index contributed by atoms with van der Waals surface area (Å²) in [7, 11) is 0. The van der Waals surface area contributed by atoms with Crippen molar-refractivity contribution < 1.29 is 0 Å². The van der Waals surface area contributed by atoms with E-state index in [2.05, 4.69) is 77.4 Å². The van der Waals surface area contributed by atoms with Gasteiger partial charge in [0.2, 0.25) is 0 Å². The van der Waals surface area contributed by atoms with E-state index in [-0.39, 0.29) is 0 Å². The van der Waals surface area contributed by atoms with Gasteiger partial charge in [-0.2, -0.15) is 0 Å². The fourth-order valence-electron chi connectivity index (χ4n) is 3.26. The summed E-state index contributed by atoms with van der Waals surface area (Å²) in [6, 6.07) is 22.3. The Balaban J connectivity index is 1.46. The zero-order valence-electron chi connectivity index (χ0n) is 13.5. The second-order valence-electron chi connectivity index (χ2n) is 6.23. The van der Waals surface area contributed by atoms with Crippen molar-refractivity contribution in [2.75, 3.05) is 31.1 Å². The lowest BCUT2D eigenvalue weighted by Crippen LogP contribution is -2.49. The van der Waals surface area contributed by atoms with E-state index in [4.69, 9.17) is 0 Å². The van der Waals surface area contributed by atoms with E-state index in [0.717, 1.165) is 13.1 Å². The molecule has 0 saturated carbocycles. The Labute approximate surface area is 134 Å². The molecule has 1 heterocycles. The third-order valence-electron chi connectivity index (χ3n) is 4.75. The Kier molecular flexibility index (Phi) is 5.12. The molecule has 0 aliphatic carbocycles. The van der Waals surface area contributed by atoms with Crippen LogP contribution in [-0.4, -0.2) is 37.1 Å². The normalized spacial score (nSPS) is 17.4. The zero-order chi connectivity index (χ0) is 15.2. The second-order valence-corrected chi connectivity index (χ2v) is 6.23. The molecule has 1 atom stereocenters. The van der Waals surface area contributed by atoms with Crippen LogP contribution in [0.4, 0.5) is 5.69 Å². The van der Waals surface area contributed by atoms with Gasteiger partial charge in [-0.25, -0.2) is 0 Å². The molecule has 1 aliphatic heterocycles. The lowest BCUT2D eigenvalue weighted by molar-refractivity contribution is 0.189. The van der Waals surface area contributed by atoms with E-state index in [9.17, 15) is 0 Å². The molecule has 2 aromatic rings. The highest BCUT2D eigenvalue weighted by Crippen LogP contribution is 2.18. The van der Waals surface area contributed by atoms with Crippen molar-refractivity contribution >= 4 is 5.69 Å². The number of nitrogens with zero attached hydrogens (tertiary/aromatic N) is 2. The molecule has 116 valence electrons. The quantitative estimate of drug-likeness (QED) is 0.827. The molecule has 1 fully saturated rings. The molecule has 1 saturated heterocycles. The molecular weight excluding hydrogens is 268 g/mol. The predicted molar refractivity (Wildman–Crippen MR) is 94.5 cm³/mol. The minimum Gasteiger partial charge on any atom is -0.369 e. The third kappa shape index (κ3) is 3.89. The fraction of sp³-hybridized carbons (Fsp3) is 0.400. The van der Waals surface area contributed by atoms with Gasteiger partial charge in [-0.05, 0) is 37.5 Å². The van der Waals surface area contributed by atoms with Gasteiger partial charge in [0.05, 0.1) is 0 Å². The number of anilines is 1. The smallest absolute Gasteiger partial charge is 0.0367 e. The Morgan fingerprint density at radius 2 is 1.41 bits per heavy atom. The molecule has 0 amide bonds. The summed E-state index contributed by atoms with van der Waals surface area (Å²) in [4.78, 5) is 5.14. The van der Waals surface area contributed by atoms with E-state index in [0.29, 0.717) is 6.04 Å². The van der Waals surface area contributed by atoms with Gasteiger partial charge in [-0.15, -0.1) is 0 Å². The molecule has 0 N–H and O–H groups in total. The summed E-state index contributed by atoms with van der Waals surface area (Å²) in [5.74, 6) is 0. The van der Waals surface area contributed by atoms with Crippen LogP contribution in [0.2, 0.25) is 0 Å². The lowest BCUT2D eigenvalue weighted by atomic mass is 10.0. The minimum atomic E-state index is 0.665. The monoisotopic (exact) mass is 294 g/mol. The van der Waals surface area contributed by atoms with Crippen molar-refractivity contribution in [1.82, 2.24) is 4.90 Å². The maximum Gasteiger partial charge on any atom is 0.0367 e. The number of aryl methyl sites for hydroxylation is 1. The SMILES string of the molecule is C[C@H](CCc1ccccc1)N1CCN(c2ccccc2)CC1. The maximum atomic E-state index is 2.64. The van der Waals surface area contributed by atoms with Gasteiger partial charge in [-0.1, -0.05) is 48.5 Å². The molecule has 0 aromatic heterocycles. The molecule has 1 aliphatic rings. The van der Waals surface area contributed by atoms with Gasteiger partial charge >= 0.3 is 0 Å². The van der Waals surface area contributed by atoms with Crippen molar-refractivity contribution in [1.29, 1.82) is 0 Å². The molecule has 0 bridgehead atoms. The van der Waals surface area contributed by atoms with Crippen molar-refractivity contribution in [3.8, 4) is 0 Å². The van der Waals surface area contributed by atoms with Crippen LogP contribution in [0.1, 0.15) is 18.9 Å². The molecule has 2 aromatic carbocycles. The second kappa shape index (κ2) is 7.46. The lowest BCUT2D eigenvalue weighted by Gasteiger charge is -2.39. The van der Waals surface area contributed by atoms with E-state index < -0.39 is 0 Å². The van der Waals surface area contributed by atoms with Crippen molar-refractivity contribution in [2.24, 2.45) is 0 Å². The van der Waals surface area contributed by atoms with Crippen LogP contribution in [0.15, 0.2) is 60.7 Å². The summed E-state index contributed by atoms with van der Waals surface area (Å²) in [6.07, 6.45) is 2.43. The molecule has 3 rings (SSSR count). The van der Waals surface area contributed by atoms with Crippen LogP contribution < -0.4 is 4.90 Å². The van der Waals surface area contributed by atoms with Crippen LogP contribution >= 0.6 is 0 Å². The van der Waals surface area contributed by atoms with Gasteiger partial charge in [0.15, 0.2) is 0 Å². The number of benzene rings is 2. The largest absolute Gasteiger partial charge is 0.369 e. The highest BCUT2D eigenvalue weighted by molar-refractivity contribution is 5.46. The first-order chi connectivity index (χ1) is 10.8. The van der Waals surface area contributed by atoms with Crippen molar-refractivity contribution in [3.05, 3.63) is 66.2 Å². The summed E-state index contributed by atoms with van der Waals surface area (Å²) in [5, 5.41) is 0. The van der Waals surface area contributed by atoms with Crippen LogP contribution in [0, 0.1) is 0 Å². The first-order valence-electron chi connectivity index (χ1n) is 8.41. The van der Waals surface area contributed by atoms with E-state index >= 15 is 0 Å². The Hall–Kier alpha value is -1.80. The van der Waals surface area contributed by atoms with Gasteiger partial charge < -0.3 is 4.90 Å². The minimum absolute atomic E-state index is 0.665. The molecule has 0 unspecified atom stereocenters. The summed E-state index contributed by atoms with van der Waals surface area (Å²) in [6.45, 7) is 7.00. The number of para-hydroxylation sites is 1. The van der Waals surface area contributed by atoms with Gasteiger partial charge in [0, 0.05) is 37.9 Å². The van der Waals surface area contributed by atoms with Gasteiger partial charge in [-0.3, -0.25) is 4.90 Å². The van der Waals surface area contributed by atoms with Crippen LogP contribution in [0.25, 0.3) is 0 Å².